The highest BCUT2D eigenvalue weighted by Crippen LogP contribution is 2.13. The van der Waals surface area contributed by atoms with Crippen LogP contribution in [0.4, 0.5) is 5.69 Å². The lowest BCUT2D eigenvalue weighted by molar-refractivity contribution is -0.123. The molecule has 0 heterocycles. The molecule has 1 rings (SSSR count). The maximum Gasteiger partial charge on any atom is 0.231 e. The van der Waals surface area contributed by atoms with Crippen molar-refractivity contribution in [1.29, 1.82) is 0 Å². The summed E-state index contributed by atoms with van der Waals surface area (Å²) in [6.07, 6.45) is -0.0837. The van der Waals surface area contributed by atoms with Gasteiger partial charge in [-0.05, 0) is 18.6 Å². The Labute approximate surface area is 97.0 Å². The van der Waals surface area contributed by atoms with Gasteiger partial charge in [0.25, 0.3) is 0 Å². The molecule has 0 aliphatic rings. The number of amides is 1. The third-order valence-electron chi connectivity index (χ3n) is 1.93. The quantitative estimate of drug-likeness (QED) is 0.674. The van der Waals surface area contributed by atoms with Crippen molar-refractivity contribution in [2.24, 2.45) is 0 Å². The molecule has 0 fully saturated rings. The Hall–Kier alpha value is -1.16. The third kappa shape index (κ3) is 3.83. The van der Waals surface area contributed by atoms with Crippen molar-refractivity contribution in [3.05, 3.63) is 29.8 Å². The van der Waals surface area contributed by atoms with Crippen LogP contribution in [0.2, 0.25) is 0 Å². The van der Waals surface area contributed by atoms with E-state index in [1.54, 1.807) is 0 Å². The minimum Gasteiger partial charge on any atom is -0.325 e. The minimum absolute atomic E-state index is 0.0837. The third-order valence-corrected chi connectivity index (χ3v) is 2.55. The first-order chi connectivity index (χ1) is 7.13. The van der Waals surface area contributed by atoms with Crippen LogP contribution < -0.4 is 5.32 Å². The summed E-state index contributed by atoms with van der Waals surface area (Å²) in [6.45, 7) is 1.90. The largest absolute Gasteiger partial charge is 0.325 e. The number of para-hydroxylation sites is 1. The van der Waals surface area contributed by atoms with Crippen molar-refractivity contribution >= 4 is 33.3 Å². The summed E-state index contributed by atoms with van der Waals surface area (Å²) < 4.78 is 0. The topological polar surface area (TPSA) is 46.2 Å². The predicted octanol–water partition coefficient (Wildman–Crippen LogP) is 2.29. The van der Waals surface area contributed by atoms with Crippen molar-refractivity contribution in [3.8, 4) is 0 Å². The summed E-state index contributed by atoms with van der Waals surface area (Å²) in [6, 6.07) is 7.46. The number of rotatable bonds is 4. The number of Topliss-reactive ketones (excluding diaryl/α,β-unsaturated/α-hetero) is 1. The Bertz CT molecular complexity index is 377. The lowest BCUT2D eigenvalue weighted by Crippen LogP contribution is -2.17. The number of nitrogens with one attached hydrogen (secondary N) is 1. The number of carbonyl (C=O) groups excluding carboxylic acids is 2. The molecule has 0 aliphatic carbocycles. The minimum atomic E-state index is -0.270. The fourth-order valence-electron chi connectivity index (χ4n) is 1.13. The van der Waals surface area contributed by atoms with Crippen LogP contribution >= 0.6 is 15.9 Å². The van der Waals surface area contributed by atoms with Gasteiger partial charge in [0.15, 0.2) is 5.78 Å². The Morgan fingerprint density at radius 1 is 1.33 bits per heavy atom. The van der Waals surface area contributed by atoms with Gasteiger partial charge in [0.2, 0.25) is 5.91 Å². The van der Waals surface area contributed by atoms with E-state index in [0.29, 0.717) is 0 Å². The number of ketones is 1. The highest BCUT2D eigenvalue weighted by molar-refractivity contribution is 9.09. The normalized spacial score (nSPS) is 9.73. The first-order valence-corrected chi connectivity index (χ1v) is 5.68. The van der Waals surface area contributed by atoms with E-state index < -0.39 is 0 Å². The van der Waals surface area contributed by atoms with Crippen LogP contribution in [-0.2, 0) is 9.59 Å². The van der Waals surface area contributed by atoms with Gasteiger partial charge in [-0.15, -0.1) is 0 Å². The van der Waals surface area contributed by atoms with Gasteiger partial charge in [-0.25, -0.2) is 0 Å². The molecule has 0 bridgehead atoms. The van der Waals surface area contributed by atoms with Crippen molar-refractivity contribution < 1.29 is 9.59 Å². The van der Waals surface area contributed by atoms with Crippen molar-refractivity contribution in [3.63, 3.8) is 0 Å². The summed E-state index contributed by atoms with van der Waals surface area (Å²) >= 11 is 3.01. The molecule has 80 valence electrons. The number of anilines is 1. The molecule has 1 N–H and O–H groups in total. The summed E-state index contributed by atoms with van der Waals surface area (Å²) in [7, 11) is 0. The van der Waals surface area contributed by atoms with E-state index in [0.717, 1.165) is 11.3 Å². The van der Waals surface area contributed by atoms with E-state index in [2.05, 4.69) is 21.2 Å². The lowest BCUT2D eigenvalue weighted by atomic mass is 10.2. The van der Waals surface area contributed by atoms with Gasteiger partial charge in [-0.1, -0.05) is 34.1 Å². The van der Waals surface area contributed by atoms with Crippen LogP contribution in [0.15, 0.2) is 24.3 Å². The van der Waals surface area contributed by atoms with Gasteiger partial charge in [0.05, 0.1) is 11.8 Å². The van der Waals surface area contributed by atoms with Crippen LogP contribution in [0, 0.1) is 6.92 Å². The molecule has 1 aromatic carbocycles. The predicted molar refractivity (Wildman–Crippen MR) is 63.2 cm³/mol. The standard InChI is InChI=1S/C11H12BrNO2/c1-8-4-2-3-5-10(8)13-11(15)6-9(14)7-12/h2-5H,6-7H2,1H3,(H,13,15). The number of carbonyl (C=O) groups is 2. The Morgan fingerprint density at radius 3 is 2.60 bits per heavy atom. The van der Waals surface area contributed by atoms with E-state index in [9.17, 15) is 9.59 Å². The monoisotopic (exact) mass is 269 g/mol. The number of hydrogen-bond donors (Lipinski definition) is 1. The molecule has 0 radical (unpaired) electrons. The zero-order valence-electron chi connectivity index (χ0n) is 8.42. The Balaban J connectivity index is 2.59. The van der Waals surface area contributed by atoms with Gasteiger partial charge < -0.3 is 5.32 Å². The number of aryl methyl sites for hydroxylation is 1. The number of halogens is 1. The fourth-order valence-corrected chi connectivity index (χ4v) is 1.33. The fraction of sp³-hybridized carbons (Fsp3) is 0.273. The van der Waals surface area contributed by atoms with Crippen LogP contribution in [-0.4, -0.2) is 17.0 Å². The molecular weight excluding hydrogens is 258 g/mol. The van der Waals surface area contributed by atoms with E-state index in [1.807, 2.05) is 31.2 Å². The summed E-state index contributed by atoms with van der Waals surface area (Å²) in [5.41, 5.74) is 1.74. The van der Waals surface area contributed by atoms with E-state index in [4.69, 9.17) is 0 Å². The zero-order valence-corrected chi connectivity index (χ0v) is 10.0. The summed E-state index contributed by atoms with van der Waals surface area (Å²) in [5, 5.41) is 2.91. The zero-order chi connectivity index (χ0) is 11.3. The molecule has 4 heteroatoms. The maximum atomic E-state index is 11.4. The van der Waals surface area contributed by atoms with Gasteiger partial charge in [0.1, 0.15) is 0 Å². The number of hydrogen-bond acceptors (Lipinski definition) is 2. The molecule has 3 nitrogen and oxygen atoms in total. The lowest BCUT2D eigenvalue weighted by Gasteiger charge is -2.06. The van der Waals surface area contributed by atoms with Crippen LogP contribution in [0.1, 0.15) is 12.0 Å². The highest BCUT2D eigenvalue weighted by Gasteiger charge is 2.08. The van der Waals surface area contributed by atoms with E-state index in [1.165, 1.54) is 0 Å². The molecule has 15 heavy (non-hydrogen) atoms. The van der Waals surface area contributed by atoms with E-state index >= 15 is 0 Å². The number of alkyl halides is 1. The van der Waals surface area contributed by atoms with E-state index in [-0.39, 0.29) is 23.4 Å². The SMILES string of the molecule is Cc1ccccc1NC(=O)CC(=O)CBr. The molecule has 0 aromatic heterocycles. The van der Waals surface area contributed by atoms with Gasteiger partial charge >= 0.3 is 0 Å². The Kier molecular flexibility index (Phi) is 4.49. The molecule has 0 spiro atoms. The van der Waals surface area contributed by atoms with Gasteiger partial charge in [0, 0.05) is 5.69 Å². The molecule has 1 amide bonds. The molecule has 0 saturated carbocycles. The maximum absolute atomic E-state index is 11.4. The molecule has 0 atom stereocenters. The molecule has 0 aliphatic heterocycles. The van der Waals surface area contributed by atoms with Crippen molar-refractivity contribution in [2.75, 3.05) is 10.6 Å². The average Bonchev–Trinajstić information content (AvgIpc) is 2.21. The highest BCUT2D eigenvalue weighted by atomic mass is 79.9. The van der Waals surface area contributed by atoms with Crippen LogP contribution in [0.3, 0.4) is 0 Å². The van der Waals surface area contributed by atoms with Crippen LogP contribution in [0.25, 0.3) is 0 Å². The first-order valence-electron chi connectivity index (χ1n) is 4.56. The molecule has 0 unspecified atom stereocenters. The van der Waals surface area contributed by atoms with Gasteiger partial charge in [-0.3, -0.25) is 9.59 Å². The Morgan fingerprint density at radius 2 is 2.00 bits per heavy atom. The van der Waals surface area contributed by atoms with Crippen LogP contribution in [0.5, 0.6) is 0 Å². The van der Waals surface area contributed by atoms with Gasteiger partial charge in [-0.2, -0.15) is 0 Å². The first kappa shape index (κ1) is 11.9. The van der Waals surface area contributed by atoms with Crippen molar-refractivity contribution in [2.45, 2.75) is 13.3 Å². The second-order valence-corrected chi connectivity index (χ2v) is 3.77. The average molecular weight is 270 g/mol. The second kappa shape index (κ2) is 5.66. The molecular formula is C11H12BrNO2. The second-order valence-electron chi connectivity index (χ2n) is 3.21. The molecule has 1 aromatic rings. The summed E-state index contributed by atoms with van der Waals surface area (Å²) in [4.78, 5) is 22.4. The smallest absolute Gasteiger partial charge is 0.231 e. The molecule has 0 saturated heterocycles. The summed E-state index contributed by atoms with van der Waals surface area (Å²) in [5.74, 6) is -0.394. The van der Waals surface area contributed by atoms with Crippen molar-refractivity contribution in [1.82, 2.24) is 0 Å². The number of benzene rings is 1.